The molecule has 2 aromatic rings. The highest BCUT2D eigenvalue weighted by molar-refractivity contribution is 5.61. The average Bonchev–Trinajstić information content (AvgIpc) is 2.53. The summed E-state index contributed by atoms with van der Waals surface area (Å²) < 4.78 is 5.20. The Balaban J connectivity index is 2.12. The first-order valence-electron chi connectivity index (χ1n) is 7.32. The van der Waals surface area contributed by atoms with E-state index in [9.17, 15) is 4.79 Å². The molecule has 0 saturated heterocycles. The van der Waals surface area contributed by atoms with Gasteiger partial charge in [0.1, 0.15) is 5.75 Å². The quantitative estimate of drug-likeness (QED) is 0.769. The molecule has 0 saturated carbocycles. The molecule has 0 amide bonds. The molecule has 0 unspecified atom stereocenters. The SMILES string of the molecule is CCCCNCc1ccc(-c2cccc(OC)c2)[nH]c1=O. The number of aromatic amines is 1. The van der Waals surface area contributed by atoms with Crippen molar-refractivity contribution in [2.45, 2.75) is 26.3 Å². The molecule has 0 fully saturated rings. The topological polar surface area (TPSA) is 54.1 Å². The van der Waals surface area contributed by atoms with E-state index < -0.39 is 0 Å². The zero-order valence-electron chi connectivity index (χ0n) is 12.6. The van der Waals surface area contributed by atoms with Crippen LogP contribution in [-0.4, -0.2) is 18.6 Å². The van der Waals surface area contributed by atoms with Crippen molar-refractivity contribution >= 4 is 0 Å². The van der Waals surface area contributed by atoms with Crippen LogP contribution < -0.4 is 15.6 Å². The van der Waals surface area contributed by atoms with Crippen LogP contribution in [0.4, 0.5) is 0 Å². The number of aromatic nitrogens is 1. The second-order valence-electron chi connectivity index (χ2n) is 4.99. The minimum absolute atomic E-state index is 0.0423. The molecule has 0 radical (unpaired) electrons. The predicted octanol–water partition coefficient (Wildman–Crippen LogP) is 2.94. The molecule has 0 bridgehead atoms. The first-order valence-corrected chi connectivity index (χ1v) is 7.32. The molecule has 4 nitrogen and oxygen atoms in total. The standard InChI is InChI=1S/C17H22N2O2/c1-3-4-10-18-12-14-8-9-16(19-17(14)20)13-6-5-7-15(11-13)21-2/h5-9,11,18H,3-4,10,12H2,1-2H3,(H,19,20). The highest BCUT2D eigenvalue weighted by atomic mass is 16.5. The number of ether oxygens (including phenoxy) is 1. The Morgan fingerprint density at radius 2 is 2.10 bits per heavy atom. The van der Waals surface area contributed by atoms with Gasteiger partial charge in [-0.3, -0.25) is 4.79 Å². The van der Waals surface area contributed by atoms with Crippen LogP contribution in [0.5, 0.6) is 5.75 Å². The third-order valence-corrected chi connectivity index (χ3v) is 3.39. The van der Waals surface area contributed by atoms with Crippen LogP contribution >= 0.6 is 0 Å². The Kier molecular flexibility index (Phi) is 5.58. The van der Waals surface area contributed by atoms with Crippen molar-refractivity contribution in [3.05, 3.63) is 52.3 Å². The van der Waals surface area contributed by atoms with Gasteiger partial charge in [0.15, 0.2) is 0 Å². The van der Waals surface area contributed by atoms with Crippen molar-refractivity contribution in [1.29, 1.82) is 0 Å². The van der Waals surface area contributed by atoms with Gasteiger partial charge in [0, 0.05) is 23.4 Å². The van der Waals surface area contributed by atoms with Gasteiger partial charge in [0.05, 0.1) is 7.11 Å². The van der Waals surface area contributed by atoms with E-state index in [1.807, 2.05) is 36.4 Å². The normalized spacial score (nSPS) is 10.6. The molecule has 1 aromatic carbocycles. The number of hydrogen-bond acceptors (Lipinski definition) is 3. The van der Waals surface area contributed by atoms with Crippen molar-refractivity contribution in [2.24, 2.45) is 0 Å². The maximum absolute atomic E-state index is 12.1. The van der Waals surface area contributed by atoms with E-state index in [1.165, 1.54) is 0 Å². The molecule has 4 heteroatoms. The fourth-order valence-electron chi connectivity index (χ4n) is 2.13. The summed E-state index contributed by atoms with van der Waals surface area (Å²) in [7, 11) is 1.63. The van der Waals surface area contributed by atoms with Crippen LogP contribution in [0.1, 0.15) is 25.3 Å². The third kappa shape index (κ3) is 4.20. The highest BCUT2D eigenvalue weighted by Crippen LogP contribution is 2.21. The third-order valence-electron chi connectivity index (χ3n) is 3.39. The van der Waals surface area contributed by atoms with Gasteiger partial charge in [-0.15, -0.1) is 0 Å². The largest absolute Gasteiger partial charge is 0.497 e. The minimum Gasteiger partial charge on any atom is -0.497 e. The number of pyridine rings is 1. The van der Waals surface area contributed by atoms with Crippen molar-refractivity contribution in [3.63, 3.8) is 0 Å². The number of benzene rings is 1. The highest BCUT2D eigenvalue weighted by Gasteiger charge is 2.04. The van der Waals surface area contributed by atoms with Crippen LogP contribution in [0, 0.1) is 0 Å². The first kappa shape index (κ1) is 15.3. The summed E-state index contributed by atoms with van der Waals surface area (Å²) in [6.07, 6.45) is 2.28. The van der Waals surface area contributed by atoms with E-state index in [-0.39, 0.29) is 5.56 Å². The maximum Gasteiger partial charge on any atom is 0.252 e. The molecule has 1 aromatic heterocycles. The molecule has 1 heterocycles. The summed E-state index contributed by atoms with van der Waals surface area (Å²) in [4.78, 5) is 15.0. The van der Waals surface area contributed by atoms with E-state index in [0.717, 1.165) is 42.0 Å². The molecule has 2 rings (SSSR count). The summed E-state index contributed by atoms with van der Waals surface area (Å²) in [5.41, 5.74) is 2.46. The number of methoxy groups -OCH3 is 1. The van der Waals surface area contributed by atoms with Gasteiger partial charge in [0.2, 0.25) is 0 Å². The molecule has 0 aliphatic carbocycles. The summed E-state index contributed by atoms with van der Waals surface area (Å²) in [6, 6.07) is 11.5. The van der Waals surface area contributed by atoms with Crippen molar-refractivity contribution in [3.8, 4) is 17.0 Å². The minimum atomic E-state index is -0.0423. The second-order valence-corrected chi connectivity index (χ2v) is 4.99. The van der Waals surface area contributed by atoms with E-state index >= 15 is 0 Å². The summed E-state index contributed by atoms with van der Waals surface area (Å²) in [5, 5.41) is 3.28. The van der Waals surface area contributed by atoms with Gasteiger partial charge in [-0.2, -0.15) is 0 Å². The summed E-state index contributed by atoms with van der Waals surface area (Å²) >= 11 is 0. The van der Waals surface area contributed by atoms with Crippen LogP contribution in [0.2, 0.25) is 0 Å². The average molecular weight is 286 g/mol. The molecule has 21 heavy (non-hydrogen) atoms. The van der Waals surface area contributed by atoms with Gasteiger partial charge in [-0.25, -0.2) is 0 Å². The van der Waals surface area contributed by atoms with Gasteiger partial charge in [-0.1, -0.05) is 31.5 Å². The fourth-order valence-corrected chi connectivity index (χ4v) is 2.13. The number of rotatable bonds is 7. The summed E-state index contributed by atoms with van der Waals surface area (Å²) in [5.74, 6) is 0.777. The van der Waals surface area contributed by atoms with Crippen LogP contribution in [0.25, 0.3) is 11.3 Å². The predicted molar refractivity (Wildman–Crippen MR) is 85.7 cm³/mol. The second kappa shape index (κ2) is 7.64. The van der Waals surface area contributed by atoms with E-state index in [0.29, 0.717) is 6.54 Å². The zero-order valence-corrected chi connectivity index (χ0v) is 12.6. The molecule has 0 aliphatic rings. The molecular formula is C17H22N2O2. The van der Waals surface area contributed by atoms with E-state index in [2.05, 4.69) is 17.2 Å². The maximum atomic E-state index is 12.1. The van der Waals surface area contributed by atoms with E-state index in [1.54, 1.807) is 7.11 Å². The lowest BCUT2D eigenvalue weighted by atomic mass is 10.1. The lowest BCUT2D eigenvalue weighted by Gasteiger charge is -2.07. The Morgan fingerprint density at radius 1 is 1.24 bits per heavy atom. The molecule has 0 aliphatic heterocycles. The molecular weight excluding hydrogens is 264 g/mol. The Bertz CT molecular complexity index is 635. The lowest BCUT2D eigenvalue weighted by Crippen LogP contribution is -2.21. The number of unbranched alkanes of at least 4 members (excludes halogenated alkanes) is 1. The molecule has 112 valence electrons. The van der Waals surface area contributed by atoms with Gasteiger partial charge in [-0.05, 0) is 31.2 Å². The number of nitrogens with one attached hydrogen (secondary N) is 2. The van der Waals surface area contributed by atoms with Crippen LogP contribution in [0.3, 0.4) is 0 Å². The van der Waals surface area contributed by atoms with Crippen LogP contribution in [-0.2, 0) is 6.54 Å². The lowest BCUT2D eigenvalue weighted by molar-refractivity contribution is 0.415. The Labute approximate surface area is 125 Å². The Hall–Kier alpha value is -2.07. The molecule has 0 spiro atoms. The number of H-pyrrole nitrogens is 1. The first-order chi connectivity index (χ1) is 10.2. The van der Waals surface area contributed by atoms with Crippen molar-refractivity contribution in [1.82, 2.24) is 10.3 Å². The summed E-state index contributed by atoms with van der Waals surface area (Å²) in [6.45, 7) is 3.69. The van der Waals surface area contributed by atoms with Crippen molar-refractivity contribution in [2.75, 3.05) is 13.7 Å². The smallest absolute Gasteiger partial charge is 0.252 e. The molecule has 2 N–H and O–H groups in total. The van der Waals surface area contributed by atoms with Crippen molar-refractivity contribution < 1.29 is 4.74 Å². The molecule has 0 atom stereocenters. The Morgan fingerprint density at radius 3 is 2.81 bits per heavy atom. The van der Waals surface area contributed by atoms with E-state index in [4.69, 9.17) is 4.74 Å². The zero-order chi connectivity index (χ0) is 15.1. The van der Waals surface area contributed by atoms with Crippen LogP contribution in [0.15, 0.2) is 41.2 Å². The monoisotopic (exact) mass is 286 g/mol. The number of hydrogen-bond donors (Lipinski definition) is 2. The van der Waals surface area contributed by atoms with Gasteiger partial charge in [0.25, 0.3) is 5.56 Å². The fraction of sp³-hybridized carbons (Fsp3) is 0.353. The van der Waals surface area contributed by atoms with Gasteiger partial charge >= 0.3 is 0 Å². The van der Waals surface area contributed by atoms with Gasteiger partial charge < -0.3 is 15.0 Å².